The van der Waals surface area contributed by atoms with Gasteiger partial charge < -0.3 is 4.74 Å². The summed E-state index contributed by atoms with van der Waals surface area (Å²) in [5.41, 5.74) is 3.00. The molecule has 2 aromatic rings. The Morgan fingerprint density at radius 3 is 2.86 bits per heavy atom. The van der Waals surface area contributed by atoms with Crippen LogP contribution < -0.4 is 0 Å². The molecule has 1 aliphatic carbocycles. The predicted molar refractivity (Wildman–Crippen MR) is 85.3 cm³/mol. The van der Waals surface area contributed by atoms with Crippen LogP contribution in [0, 0.1) is 6.92 Å². The van der Waals surface area contributed by atoms with Crippen molar-refractivity contribution in [3.8, 4) is 0 Å². The van der Waals surface area contributed by atoms with Crippen LogP contribution in [0.4, 0.5) is 0 Å². The molecule has 1 heterocycles. The second kappa shape index (κ2) is 5.85. The fraction of sp³-hybridized carbons (Fsp3) is 0.235. The molecule has 0 N–H and O–H groups in total. The zero-order valence-corrected chi connectivity index (χ0v) is 13.2. The minimum absolute atomic E-state index is 0.131. The maximum Gasteiger partial charge on any atom is 0.358 e. The number of carbonyl (C=O) groups excluding carboxylic acids is 2. The third kappa shape index (κ3) is 2.48. The van der Waals surface area contributed by atoms with E-state index in [0.29, 0.717) is 15.5 Å². The smallest absolute Gasteiger partial charge is 0.358 e. The van der Waals surface area contributed by atoms with Crippen molar-refractivity contribution < 1.29 is 14.3 Å². The second-order valence-corrected chi connectivity index (χ2v) is 6.16. The van der Waals surface area contributed by atoms with E-state index in [0.717, 1.165) is 17.5 Å². The molecule has 22 heavy (non-hydrogen) atoms. The number of Topliss-reactive ketones (excluding diaryl/α,β-unsaturated/α-hetero) is 1. The van der Waals surface area contributed by atoms with Crippen molar-refractivity contribution in [3.05, 3.63) is 57.0 Å². The van der Waals surface area contributed by atoms with Gasteiger partial charge in [-0.15, -0.1) is 11.3 Å². The molecule has 0 saturated carbocycles. The second-order valence-electron chi connectivity index (χ2n) is 4.95. The Balaban J connectivity index is 1.91. The van der Waals surface area contributed by atoms with Crippen LogP contribution in [0.15, 0.2) is 30.3 Å². The predicted octanol–water partition coefficient (Wildman–Crippen LogP) is 3.45. The highest BCUT2D eigenvalue weighted by Gasteiger charge is 2.26. The SMILES string of the molecule is CCOC(=O)c1nc(C(=O)C2=CCc3ccccc32)sc1C. The maximum atomic E-state index is 12.7. The van der Waals surface area contributed by atoms with E-state index >= 15 is 0 Å². The van der Waals surface area contributed by atoms with Crippen molar-refractivity contribution in [1.29, 1.82) is 0 Å². The van der Waals surface area contributed by atoms with Crippen LogP contribution in [-0.2, 0) is 11.2 Å². The minimum atomic E-state index is -0.476. The summed E-state index contributed by atoms with van der Waals surface area (Å²) in [5, 5.41) is 0.337. The van der Waals surface area contributed by atoms with Crippen molar-refractivity contribution >= 4 is 28.7 Å². The number of allylic oxidation sites excluding steroid dienone is 2. The average Bonchev–Trinajstić information content (AvgIpc) is 3.10. The fourth-order valence-corrected chi connectivity index (χ4v) is 3.35. The first kappa shape index (κ1) is 14.7. The highest BCUT2D eigenvalue weighted by Crippen LogP contribution is 2.31. The van der Waals surface area contributed by atoms with E-state index in [4.69, 9.17) is 4.74 Å². The molecule has 0 fully saturated rings. The Hall–Kier alpha value is -2.27. The van der Waals surface area contributed by atoms with Crippen LogP contribution in [0.25, 0.3) is 5.57 Å². The number of ketones is 1. The number of thiazole rings is 1. The molecule has 1 aromatic heterocycles. The van der Waals surface area contributed by atoms with Crippen LogP contribution >= 0.6 is 11.3 Å². The van der Waals surface area contributed by atoms with Gasteiger partial charge in [0.1, 0.15) is 0 Å². The van der Waals surface area contributed by atoms with E-state index in [1.165, 1.54) is 11.3 Å². The van der Waals surface area contributed by atoms with Crippen LogP contribution in [0.2, 0.25) is 0 Å². The summed E-state index contributed by atoms with van der Waals surface area (Å²) in [4.78, 5) is 29.4. The van der Waals surface area contributed by atoms with Crippen molar-refractivity contribution in [3.63, 3.8) is 0 Å². The molecule has 0 unspecified atom stereocenters. The lowest BCUT2D eigenvalue weighted by atomic mass is 10.0. The number of aromatic nitrogens is 1. The summed E-state index contributed by atoms with van der Waals surface area (Å²) in [7, 11) is 0. The normalized spacial score (nSPS) is 12.7. The summed E-state index contributed by atoms with van der Waals surface area (Å²) in [6.45, 7) is 3.81. The highest BCUT2D eigenvalue weighted by molar-refractivity contribution is 7.14. The summed E-state index contributed by atoms with van der Waals surface area (Å²) in [6.07, 6.45) is 2.68. The Morgan fingerprint density at radius 1 is 1.32 bits per heavy atom. The first-order valence-electron chi connectivity index (χ1n) is 7.09. The maximum absolute atomic E-state index is 12.7. The number of nitrogens with zero attached hydrogens (tertiary/aromatic N) is 1. The quantitative estimate of drug-likeness (QED) is 0.641. The van der Waals surface area contributed by atoms with Gasteiger partial charge in [0.05, 0.1) is 6.61 Å². The van der Waals surface area contributed by atoms with E-state index in [9.17, 15) is 9.59 Å². The van der Waals surface area contributed by atoms with E-state index in [1.807, 2.05) is 30.3 Å². The topological polar surface area (TPSA) is 56.3 Å². The van der Waals surface area contributed by atoms with Crippen LogP contribution in [0.3, 0.4) is 0 Å². The van der Waals surface area contributed by atoms with Crippen molar-refractivity contribution in [1.82, 2.24) is 4.98 Å². The van der Waals surface area contributed by atoms with E-state index in [2.05, 4.69) is 4.98 Å². The van der Waals surface area contributed by atoms with Gasteiger partial charge in [0.15, 0.2) is 10.7 Å². The van der Waals surface area contributed by atoms with Crippen molar-refractivity contribution in [2.24, 2.45) is 0 Å². The third-order valence-electron chi connectivity index (χ3n) is 3.54. The van der Waals surface area contributed by atoms with Crippen LogP contribution in [0.1, 0.15) is 43.2 Å². The van der Waals surface area contributed by atoms with Gasteiger partial charge in [-0.05, 0) is 31.4 Å². The molecule has 112 valence electrons. The number of hydrogen-bond acceptors (Lipinski definition) is 5. The molecule has 0 amide bonds. The minimum Gasteiger partial charge on any atom is -0.461 e. The lowest BCUT2D eigenvalue weighted by Gasteiger charge is -2.02. The number of rotatable bonds is 4. The molecule has 0 spiro atoms. The van der Waals surface area contributed by atoms with Gasteiger partial charge in [-0.2, -0.15) is 0 Å². The molecule has 3 rings (SSSR count). The molecule has 5 heteroatoms. The molecule has 0 bridgehead atoms. The third-order valence-corrected chi connectivity index (χ3v) is 4.51. The zero-order chi connectivity index (χ0) is 15.7. The zero-order valence-electron chi connectivity index (χ0n) is 12.4. The molecule has 4 nitrogen and oxygen atoms in total. The number of fused-ring (bicyclic) bond motifs is 1. The molecule has 0 saturated heterocycles. The number of ether oxygens (including phenoxy) is 1. The number of aryl methyl sites for hydroxylation is 1. The molecular formula is C17H15NO3S. The van der Waals surface area contributed by atoms with Gasteiger partial charge in [-0.1, -0.05) is 30.3 Å². The number of hydrogen-bond donors (Lipinski definition) is 0. The lowest BCUT2D eigenvalue weighted by Crippen LogP contribution is -2.08. The largest absolute Gasteiger partial charge is 0.461 e. The van der Waals surface area contributed by atoms with Gasteiger partial charge in [0, 0.05) is 10.5 Å². The number of carbonyl (C=O) groups is 2. The van der Waals surface area contributed by atoms with Crippen molar-refractivity contribution in [2.45, 2.75) is 20.3 Å². The monoisotopic (exact) mass is 313 g/mol. The number of benzene rings is 1. The highest BCUT2D eigenvalue weighted by atomic mass is 32.1. The van der Waals surface area contributed by atoms with Gasteiger partial charge >= 0.3 is 5.97 Å². The number of esters is 1. The lowest BCUT2D eigenvalue weighted by molar-refractivity contribution is 0.0519. The van der Waals surface area contributed by atoms with Gasteiger partial charge in [0.25, 0.3) is 0 Å². The summed E-state index contributed by atoms with van der Waals surface area (Å²) >= 11 is 1.24. The van der Waals surface area contributed by atoms with Crippen LogP contribution in [0.5, 0.6) is 0 Å². The standard InChI is InChI=1S/C17H15NO3S/c1-3-21-17(20)14-10(2)22-16(18-14)15(19)13-9-8-11-6-4-5-7-12(11)13/h4-7,9H,3,8H2,1-2H3. The molecular weight excluding hydrogens is 298 g/mol. The molecule has 1 aromatic carbocycles. The average molecular weight is 313 g/mol. The fourth-order valence-electron chi connectivity index (χ4n) is 2.50. The van der Waals surface area contributed by atoms with E-state index in [-0.39, 0.29) is 18.1 Å². The van der Waals surface area contributed by atoms with E-state index < -0.39 is 5.97 Å². The Morgan fingerprint density at radius 2 is 2.09 bits per heavy atom. The molecule has 1 aliphatic rings. The Labute approximate surface area is 132 Å². The first-order valence-corrected chi connectivity index (χ1v) is 7.91. The summed E-state index contributed by atoms with van der Waals surface area (Å²) in [5.74, 6) is -0.607. The Bertz CT molecular complexity index is 789. The van der Waals surface area contributed by atoms with Crippen molar-refractivity contribution in [2.75, 3.05) is 6.61 Å². The van der Waals surface area contributed by atoms with Crippen LogP contribution in [-0.4, -0.2) is 23.3 Å². The van der Waals surface area contributed by atoms with Gasteiger partial charge in [-0.3, -0.25) is 4.79 Å². The van der Waals surface area contributed by atoms with Gasteiger partial charge in [-0.25, -0.2) is 9.78 Å². The molecule has 0 radical (unpaired) electrons. The Kier molecular flexibility index (Phi) is 3.90. The summed E-state index contributed by atoms with van der Waals surface area (Å²) < 4.78 is 4.96. The molecule has 0 aliphatic heterocycles. The molecule has 0 atom stereocenters. The first-order chi connectivity index (χ1) is 10.6. The summed E-state index contributed by atoms with van der Waals surface area (Å²) in [6, 6.07) is 7.84. The van der Waals surface area contributed by atoms with Gasteiger partial charge in [0.2, 0.25) is 5.78 Å². The van der Waals surface area contributed by atoms with E-state index in [1.54, 1.807) is 13.8 Å².